The summed E-state index contributed by atoms with van der Waals surface area (Å²) in [4.78, 5) is 28.8. The number of benzene rings is 3. The summed E-state index contributed by atoms with van der Waals surface area (Å²) in [5, 5.41) is 12.6. The molecule has 0 aliphatic heterocycles. The van der Waals surface area contributed by atoms with Crippen molar-refractivity contribution in [3.8, 4) is 17.2 Å². The predicted molar refractivity (Wildman–Crippen MR) is 145 cm³/mol. The second kappa shape index (κ2) is 12.7. The van der Waals surface area contributed by atoms with Crippen LogP contribution in [-0.2, 0) is 17.6 Å². The molecule has 0 aliphatic rings. The van der Waals surface area contributed by atoms with E-state index in [2.05, 4.69) is 10.3 Å². The number of carbonyl (C=O) groups is 2. The van der Waals surface area contributed by atoms with E-state index in [1.54, 1.807) is 19.1 Å². The van der Waals surface area contributed by atoms with Crippen LogP contribution < -0.4 is 10.1 Å². The minimum Gasteiger partial charge on any atom is -0.493 e. The molecule has 4 rings (SSSR count). The van der Waals surface area contributed by atoms with Crippen LogP contribution in [0.15, 0.2) is 95.1 Å². The van der Waals surface area contributed by atoms with Crippen LogP contribution in [0.1, 0.15) is 34.3 Å². The Balaban J connectivity index is 1.30. The summed E-state index contributed by atoms with van der Waals surface area (Å²) in [7, 11) is 0. The normalized spacial score (nSPS) is 12.1. The molecule has 1 aromatic heterocycles. The number of oxazole rings is 1. The highest BCUT2D eigenvalue weighted by atomic mass is 19.1. The van der Waals surface area contributed by atoms with Crippen LogP contribution in [0.25, 0.3) is 11.5 Å². The van der Waals surface area contributed by atoms with Crippen LogP contribution in [0.3, 0.4) is 0 Å². The van der Waals surface area contributed by atoms with E-state index in [1.807, 2.05) is 49.4 Å². The van der Waals surface area contributed by atoms with Crippen molar-refractivity contribution in [2.75, 3.05) is 6.61 Å². The number of aromatic nitrogens is 1. The number of carboxylic acids is 1. The molecule has 0 bridgehead atoms. The maximum Gasteiger partial charge on any atom is 0.326 e. The quantitative estimate of drug-likeness (QED) is 0.177. The van der Waals surface area contributed by atoms with Crippen LogP contribution in [0.5, 0.6) is 5.75 Å². The first kappa shape index (κ1) is 27.3. The first-order valence-corrected chi connectivity index (χ1v) is 12.5. The molecule has 8 heteroatoms. The molecule has 0 aliphatic carbocycles. The Morgan fingerprint density at radius 1 is 1.05 bits per heavy atom. The minimum atomic E-state index is -1.05. The topological polar surface area (TPSA) is 102 Å². The molecule has 39 heavy (non-hydrogen) atoms. The van der Waals surface area contributed by atoms with Crippen molar-refractivity contribution in [1.82, 2.24) is 10.3 Å². The number of halogens is 1. The van der Waals surface area contributed by atoms with E-state index in [0.29, 0.717) is 35.9 Å². The maximum absolute atomic E-state index is 13.1. The first-order valence-electron chi connectivity index (χ1n) is 12.5. The second-order valence-corrected chi connectivity index (χ2v) is 9.07. The molecule has 0 amide bonds. The van der Waals surface area contributed by atoms with E-state index >= 15 is 0 Å². The van der Waals surface area contributed by atoms with E-state index in [-0.39, 0.29) is 12.2 Å². The lowest BCUT2D eigenvalue weighted by molar-refractivity contribution is -0.139. The summed E-state index contributed by atoms with van der Waals surface area (Å²) in [6.07, 6.45) is 2.09. The number of rotatable bonds is 12. The Morgan fingerprint density at radius 2 is 1.74 bits per heavy atom. The number of hydrogen-bond donors (Lipinski definition) is 2. The smallest absolute Gasteiger partial charge is 0.326 e. The zero-order valence-electron chi connectivity index (χ0n) is 21.7. The standard InChI is InChI=1S/C31H29FN2O5/c1-20(18-29(35)23-10-12-25(32)13-11-23)33-28(31(36)37)19-22-8-14-26(15-9-22)38-17-16-27-21(2)39-30(34-27)24-6-4-3-5-7-24/h3-15,18,28,33H,16-17,19H2,1-2H3,(H,36,37)/b20-18+/t28-/m0/s1. The largest absolute Gasteiger partial charge is 0.493 e. The number of allylic oxidation sites excluding steroid dienone is 2. The van der Waals surface area contributed by atoms with Crippen molar-refractivity contribution in [3.05, 3.63) is 119 Å². The number of nitrogens with zero attached hydrogens (tertiary/aromatic N) is 1. The van der Waals surface area contributed by atoms with Gasteiger partial charge in [0.15, 0.2) is 5.78 Å². The van der Waals surface area contributed by atoms with Crippen LogP contribution in [0.4, 0.5) is 4.39 Å². The van der Waals surface area contributed by atoms with Crippen LogP contribution >= 0.6 is 0 Å². The fourth-order valence-corrected chi connectivity index (χ4v) is 4.00. The molecule has 1 heterocycles. The van der Waals surface area contributed by atoms with Crippen molar-refractivity contribution in [1.29, 1.82) is 0 Å². The van der Waals surface area contributed by atoms with E-state index in [0.717, 1.165) is 22.6 Å². The molecule has 2 N–H and O–H groups in total. The SMILES string of the molecule is C/C(=C\C(=O)c1ccc(F)cc1)N[C@@H](Cc1ccc(OCCc2nc(-c3ccccc3)oc2C)cc1)C(=O)O. The molecule has 3 aromatic carbocycles. The summed E-state index contributed by atoms with van der Waals surface area (Å²) < 4.78 is 24.7. The van der Waals surface area contributed by atoms with E-state index in [4.69, 9.17) is 9.15 Å². The second-order valence-electron chi connectivity index (χ2n) is 9.07. The number of aryl methyl sites for hydroxylation is 1. The predicted octanol–water partition coefficient (Wildman–Crippen LogP) is 5.78. The third-order valence-corrected chi connectivity index (χ3v) is 6.06. The lowest BCUT2D eigenvalue weighted by Gasteiger charge is -2.16. The molecule has 4 aromatic rings. The van der Waals surface area contributed by atoms with Crippen molar-refractivity contribution < 1.29 is 28.2 Å². The first-order chi connectivity index (χ1) is 18.8. The number of aliphatic carboxylic acids is 1. The summed E-state index contributed by atoms with van der Waals surface area (Å²) in [6.45, 7) is 3.91. The Kier molecular flexibility index (Phi) is 8.89. The van der Waals surface area contributed by atoms with Gasteiger partial charge in [-0.05, 0) is 67.9 Å². The molecular formula is C31H29FN2O5. The zero-order valence-corrected chi connectivity index (χ0v) is 21.7. The zero-order chi connectivity index (χ0) is 27.8. The average molecular weight is 529 g/mol. The van der Waals surface area contributed by atoms with Crippen molar-refractivity contribution in [3.63, 3.8) is 0 Å². The molecule has 0 saturated carbocycles. The van der Waals surface area contributed by atoms with Gasteiger partial charge >= 0.3 is 5.97 Å². The van der Waals surface area contributed by atoms with Gasteiger partial charge in [-0.15, -0.1) is 0 Å². The van der Waals surface area contributed by atoms with Gasteiger partial charge < -0.3 is 19.6 Å². The highest BCUT2D eigenvalue weighted by Crippen LogP contribution is 2.22. The summed E-state index contributed by atoms with van der Waals surface area (Å²) in [5.74, 6) is 0.166. The third kappa shape index (κ3) is 7.64. The summed E-state index contributed by atoms with van der Waals surface area (Å²) in [5.41, 5.74) is 3.26. The molecule has 0 unspecified atom stereocenters. The molecule has 0 saturated heterocycles. The lowest BCUT2D eigenvalue weighted by atomic mass is 10.0. The molecule has 0 fully saturated rings. The minimum absolute atomic E-state index is 0.200. The molecule has 0 spiro atoms. The van der Waals surface area contributed by atoms with E-state index < -0.39 is 17.8 Å². The summed E-state index contributed by atoms with van der Waals surface area (Å²) >= 11 is 0. The van der Waals surface area contributed by atoms with Gasteiger partial charge in [0.25, 0.3) is 0 Å². The fourth-order valence-electron chi connectivity index (χ4n) is 4.00. The van der Waals surface area contributed by atoms with Gasteiger partial charge in [-0.2, -0.15) is 0 Å². The summed E-state index contributed by atoms with van der Waals surface area (Å²) in [6, 6.07) is 21.1. The lowest BCUT2D eigenvalue weighted by Crippen LogP contribution is -2.37. The Labute approximate surface area is 226 Å². The average Bonchev–Trinajstić information content (AvgIpc) is 3.30. The highest BCUT2D eigenvalue weighted by Gasteiger charge is 2.18. The van der Waals surface area contributed by atoms with Gasteiger partial charge in [0.1, 0.15) is 23.4 Å². The molecular weight excluding hydrogens is 499 g/mol. The highest BCUT2D eigenvalue weighted by molar-refractivity contribution is 6.04. The van der Waals surface area contributed by atoms with Crippen LogP contribution in [0.2, 0.25) is 0 Å². The third-order valence-electron chi connectivity index (χ3n) is 6.06. The van der Waals surface area contributed by atoms with Gasteiger partial charge in [0.05, 0.1) is 12.3 Å². The monoisotopic (exact) mass is 528 g/mol. The molecule has 0 radical (unpaired) electrons. The Bertz CT molecular complexity index is 1440. The van der Waals surface area contributed by atoms with Crippen LogP contribution in [-0.4, -0.2) is 34.5 Å². The molecule has 7 nitrogen and oxygen atoms in total. The van der Waals surface area contributed by atoms with Crippen LogP contribution in [0, 0.1) is 12.7 Å². The van der Waals surface area contributed by atoms with Crippen molar-refractivity contribution >= 4 is 11.8 Å². The number of nitrogens with one attached hydrogen (secondary N) is 1. The van der Waals surface area contributed by atoms with Gasteiger partial charge in [-0.3, -0.25) is 4.79 Å². The van der Waals surface area contributed by atoms with Crippen molar-refractivity contribution in [2.24, 2.45) is 0 Å². The number of hydrogen-bond acceptors (Lipinski definition) is 6. The number of carbonyl (C=O) groups excluding carboxylic acids is 1. The van der Waals surface area contributed by atoms with Crippen molar-refractivity contribution in [2.45, 2.75) is 32.7 Å². The Morgan fingerprint density at radius 3 is 2.41 bits per heavy atom. The fraction of sp³-hybridized carbons (Fsp3) is 0.194. The van der Waals surface area contributed by atoms with E-state index in [1.165, 1.54) is 30.3 Å². The molecule has 1 atom stereocenters. The van der Waals surface area contributed by atoms with Gasteiger partial charge in [0, 0.05) is 35.7 Å². The number of ketones is 1. The number of carboxylic acid groups (broad SMARTS) is 1. The Hall–Kier alpha value is -4.72. The van der Waals surface area contributed by atoms with Gasteiger partial charge in [-0.25, -0.2) is 14.2 Å². The number of ether oxygens (including phenoxy) is 1. The van der Waals surface area contributed by atoms with E-state index in [9.17, 15) is 19.1 Å². The molecule has 200 valence electrons. The maximum atomic E-state index is 13.1. The van der Waals surface area contributed by atoms with Gasteiger partial charge in [0.2, 0.25) is 5.89 Å². The van der Waals surface area contributed by atoms with Gasteiger partial charge in [-0.1, -0.05) is 30.3 Å².